The Labute approximate surface area is 108 Å². The molecule has 0 unspecified atom stereocenters. The van der Waals surface area contributed by atoms with E-state index < -0.39 is 4.92 Å². The van der Waals surface area contributed by atoms with Crippen molar-refractivity contribution in [3.8, 4) is 11.5 Å². The van der Waals surface area contributed by atoms with Gasteiger partial charge in [-0.25, -0.2) is 0 Å². The number of nitrogens with one attached hydrogen (secondary N) is 1. The Kier molecular flexibility index (Phi) is 2.64. The first-order chi connectivity index (χ1) is 9.24. The van der Waals surface area contributed by atoms with Crippen molar-refractivity contribution in [1.29, 1.82) is 0 Å². The predicted molar refractivity (Wildman–Crippen MR) is 71.5 cm³/mol. The van der Waals surface area contributed by atoms with Gasteiger partial charge in [-0.15, -0.1) is 0 Å². The molecule has 2 aromatic carbocycles. The van der Waals surface area contributed by atoms with Gasteiger partial charge in [0.25, 0.3) is 5.69 Å². The van der Waals surface area contributed by atoms with E-state index in [4.69, 9.17) is 4.74 Å². The van der Waals surface area contributed by atoms with Crippen LogP contribution in [0.5, 0.6) is 11.5 Å². The number of hydrogen-bond donors (Lipinski definition) is 1. The van der Waals surface area contributed by atoms with Gasteiger partial charge in [-0.3, -0.25) is 10.1 Å². The molecular formula is C14H10N2O3. The van der Waals surface area contributed by atoms with Crippen molar-refractivity contribution in [3.63, 3.8) is 0 Å². The fourth-order valence-electron chi connectivity index (χ4n) is 1.91. The molecule has 0 aliphatic carbocycles. The Hall–Kier alpha value is -2.82. The third-order valence-electron chi connectivity index (χ3n) is 2.83. The zero-order valence-electron chi connectivity index (χ0n) is 9.87. The smallest absolute Gasteiger partial charge is 0.269 e. The normalized spacial score (nSPS) is 10.5. The molecule has 0 fully saturated rings. The minimum absolute atomic E-state index is 0.0483. The lowest BCUT2D eigenvalue weighted by Crippen LogP contribution is -1.88. The average molecular weight is 254 g/mol. The number of aromatic amines is 1. The molecule has 0 aliphatic heterocycles. The molecule has 5 nitrogen and oxygen atoms in total. The third-order valence-corrected chi connectivity index (χ3v) is 2.83. The van der Waals surface area contributed by atoms with Gasteiger partial charge in [0.1, 0.15) is 11.5 Å². The topological polar surface area (TPSA) is 68.2 Å². The number of H-pyrrole nitrogens is 1. The summed E-state index contributed by atoms with van der Waals surface area (Å²) in [4.78, 5) is 13.2. The lowest BCUT2D eigenvalue weighted by atomic mass is 10.2. The molecule has 0 aliphatic rings. The van der Waals surface area contributed by atoms with Crippen molar-refractivity contribution in [2.24, 2.45) is 0 Å². The summed E-state index contributed by atoms with van der Waals surface area (Å²) in [5, 5.41) is 11.5. The number of nitro benzene ring substituents is 1. The van der Waals surface area contributed by atoms with Crippen LogP contribution in [0.4, 0.5) is 5.69 Å². The Balaban J connectivity index is 1.92. The summed E-state index contributed by atoms with van der Waals surface area (Å²) in [5.41, 5.74) is 1.03. The molecule has 0 bridgehead atoms. The van der Waals surface area contributed by atoms with Crippen LogP contribution in [0.3, 0.4) is 0 Å². The molecule has 0 amide bonds. The lowest BCUT2D eigenvalue weighted by Gasteiger charge is -2.06. The van der Waals surface area contributed by atoms with Crippen LogP contribution in [0, 0.1) is 10.1 Å². The molecule has 0 radical (unpaired) electrons. The van der Waals surface area contributed by atoms with Crippen molar-refractivity contribution in [1.82, 2.24) is 4.98 Å². The molecule has 19 heavy (non-hydrogen) atoms. The molecule has 1 aromatic heterocycles. The number of nitrogens with zero attached hydrogens (tertiary/aromatic N) is 1. The third kappa shape index (κ3) is 2.13. The van der Waals surface area contributed by atoms with E-state index in [1.54, 1.807) is 12.1 Å². The Morgan fingerprint density at radius 2 is 1.84 bits per heavy atom. The van der Waals surface area contributed by atoms with Crippen molar-refractivity contribution >= 4 is 16.6 Å². The van der Waals surface area contributed by atoms with Gasteiger partial charge >= 0.3 is 0 Å². The minimum atomic E-state index is -0.434. The Morgan fingerprint density at radius 1 is 1.05 bits per heavy atom. The molecule has 0 spiro atoms. The standard InChI is InChI=1S/C14H10N2O3/c17-16(18)10-4-6-11(7-5-10)19-14-3-1-2-13-12(14)8-9-15-13/h1-9,15H. The second kappa shape index (κ2) is 4.45. The first-order valence-corrected chi connectivity index (χ1v) is 5.72. The number of rotatable bonds is 3. The van der Waals surface area contributed by atoms with Gasteiger partial charge in [-0.05, 0) is 30.3 Å². The molecule has 0 saturated carbocycles. The lowest BCUT2D eigenvalue weighted by molar-refractivity contribution is -0.384. The van der Waals surface area contributed by atoms with Crippen LogP contribution in [-0.2, 0) is 0 Å². The highest BCUT2D eigenvalue weighted by Crippen LogP contribution is 2.30. The Bertz CT molecular complexity index is 732. The summed E-state index contributed by atoms with van der Waals surface area (Å²) < 4.78 is 5.74. The number of benzene rings is 2. The fraction of sp³-hybridized carbons (Fsp3) is 0. The van der Waals surface area contributed by atoms with Gasteiger partial charge in [0, 0.05) is 29.2 Å². The van der Waals surface area contributed by atoms with E-state index in [0.717, 1.165) is 10.9 Å². The first-order valence-electron chi connectivity index (χ1n) is 5.72. The highest BCUT2D eigenvalue weighted by Gasteiger charge is 2.07. The van der Waals surface area contributed by atoms with E-state index in [0.29, 0.717) is 11.5 Å². The quantitative estimate of drug-likeness (QED) is 0.569. The van der Waals surface area contributed by atoms with Gasteiger partial charge in [-0.2, -0.15) is 0 Å². The Morgan fingerprint density at radius 3 is 2.58 bits per heavy atom. The van der Waals surface area contributed by atoms with E-state index in [-0.39, 0.29) is 5.69 Å². The zero-order valence-corrected chi connectivity index (χ0v) is 9.87. The molecule has 3 aromatic rings. The fourth-order valence-corrected chi connectivity index (χ4v) is 1.91. The first kappa shape index (κ1) is 11.3. The van der Waals surface area contributed by atoms with E-state index in [1.165, 1.54) is 12.1 Å². The summed E-state index contributed by atoms with van der Waals surface area (Å²) in [6, 6.07) is 13.7. The van der Waals surface area contributed by atoms with Gasteiger partial charge in [0.2, 0.25) is 0 Å². The monoisotopic (exact) mass is 254 g/mol. The van der Waals surface area contributed by atoms with Gasteiger partial charge in [-0.1, -0.05) is 6.07 Å². The van der Waals surface area contributed by atoms with Crippen molar-refractivity contribution in [2.75, 3.05) is 0 Å². The molecule has 3 rings (SSSR count). The molecular weight excluding hydrogens is 244 g/mol. The van der Waals surface area contributed by atoms with Crippen molar-refractivity contribution in [3.05, 3.63) is 64.8 Å². The molecule has 0 atom stereocenters. The van der Waals surface area contributed by atoms with E-state index in [1.807, 2.05) is 30.5 Å². The van der Waals surface area contributed by atoms with Crippen LogP contribution in [0.2, 0.25) is 0 Å². The molecule has 0 saturated heterocycles. The van der Waals surface area contributed by atoms with Crippen LogP contribution in [-0.4, -0.2) is 9.91 Å². The van der Waals surface area contributed by atoms with E-state index in [2.05, 4.69) is 4.98 Å². The molecule has 1 N–H and O–H groups in total. The van der Waals surface area contributed by atoms with Gasteiger partial charge < -0.3 is 9.72 Å². The van der Waals surface area contributed by atoms with Crippen LogP contribution >= 0.6 is 0 Å². The number of aromatic nitrogens is 1. The predicted octanol–water partition coefficient (Wildman–Crippen LogP) is 3.87. The maximum Gasteiger partial charge on any atom is 0.269 e. The van der Waals surface area contributed by atoms with Crippen LogP contribution in [0.1, 0.15) is 0 Å². The second-order valence-electron chi connectivity index (χ2n) is 4.05. The van der Waals surface area contributed by atoms with Crippen LogP contribution in [0.15, 0.2) is 54.7 Å². The number of ether oxygens (including phenoxy) is 1. The van der Waals surface area contributed by atoms with Crippen LogP contribution in [0.25, 0.3) is 10.9 Å². The van der Waals surface area contributed by atoms with E-state index >= 15 is 0 Å². The molecule has 1 heterocycles. The van der Waals surface area contributed by atoms with Gasteiger partial charge in [0.15, 0.2) is 0 Å². The maximum absolute atomic E-state index is 10.6. The highest BCUT2D eigenvalue weighted by atomic mass is 16.6. The molecule has 94 valence electrons. The van der Waals surface area contributed by atoms with E-state index in [9.17, 15) is 10.1 Å². The second-order valence-corrected chi connectivity index (χ2v) is 4.05. The summed E-state index contributed by atoms with van der Waals surface area (Å²) in [7, 11) is 0. The summed E-state index contributed by atoms with van der Waals surface area (Å²) in [5.74, 6) is 1.28. The number of hydrogen-bond acceptors (Lipinski definition) is 3. The summed E-state index contributed by atoms with van der Waals surface area (Å²) >= 11 is 0. The number of nitro groups is 1. The maximum atomic E-state index is 10.6. The minimum Gasteiger partial charge on any atom is -0.457 e. The molecule has 5 heteroatoms. The number of non-ortho nitro benzene ring substituents is 1. The number of fused-ring (bicyclic) bond motifs is 1. The summed E-state index contributed by atoms with van der Waals surface area (Å²) in [6.45, 7) is 0. The van der Waals surface area contributed by atoms with Crippen LogP contribution < -0.4 is 4.74 Å². The summed E-state index contributed by atoms with van der Waals surface area (Å²) in [6.07, 6.45) is 1.84. The average Bonchev–Trinajstić information content (AvgIpc) is 2.89. The van der Waals surface area contributed by atoms with Crippen molar-refractivity contribution in [2.45, 2.75) is 0 Å². The SMILES string of the molecule is O=[N+]([O-])c1ccc(Oc2cccc3[nH]ccc23)cc1. The largest absolute Gasteiger partial charge is 0.457 e. The zero-order chi connectivity index (χ0) is 13.2. The van der Waals surface area contributed by atoms with Gasteiger partial charge in [0.05, 0.1) is 4.92 Å². The van der Waals surface area contributed by atoms with Crippen molar-refractivity contribution < 1.29 is 9.66 Å². The highest BCUT2D eigenvalue weighted by molar-refractivity contribution is 5.85.